The highest BCUT2D eigenvalue weighted by Crippen LogP contribution is 2.31. The van der Waals surface area contributed by atoms with Crippen molar-refractivity contribution in [3.63, 3.8) is 0 Å². The van der Waals surface area contributed by atoms with E-state index in [9.17, 15) is 4.79 Å². The number of hydrogen-bond acceptors (Lipinski definition) is 4. The number of esters is 1. The predicted molar refractivity (Wildman–Crippen MR) is 99.8 cm³/mol. The van der Waals surface area contributed by atoms with Gasteiger partial charge in [0, 0.05) is 24.2 Å². The van der Waals surface area contributed by atoms with Crippen LogP contribution < -0.4 is 9.47 Å². The van der Waals surface area contributed by atoms with Crippen molar-refractivity contribution in [1.29, 1.82) is 0 Å². The number of pyridine rings is 1. The zero-order valence-electron chi connectivity index (χ0n) is 15.3. The van der Waals surface area contributed by atoms with Crippen LogP contribution in [0.5, 0.6) is 11.6 Å². The van der Waals surface area contributed by atoms with Gasteiger partial charge in [0.1, 0.15) is 5.75 Å². The smallest absolute Gasteiger partial charge is 0.311 e. The Morgan fingerprint density at radius 1 is 1.20 bits per heavy atom. The van der Waals surface area contributed by atoms with Crippen molar-refractivity contribution in [3.8, 4) is 22.8 Å². The minimum absolute atomic E-state index is 0.190. The van der Waals surface area contributed by atoms with E-state index in [0.717, 1.165) is 30.4 Å². The molecule has 0 saturated carbocycles. The predicted octanol–water partition coefficient (Wildman–Crippen LogP) is 5.27. The number of nitrogens with zero attached hydrogens (tertiary/aromatic N) is 1. The van der Waals surface area contributed by atoms with Crippen LogP contribution in [-0.2, 0) is 4.79 Å². The average Bonchev–Trinajstić information content (AvgIpc) is 2.65. The zero-order chi connectivity index (χ0) is 18.1. The maximum atomic E-state index is 12.2. The quantitative estimate of drug-likeness (QED) is 0.460. The summed E-state index contributed by atoms with van der Waals surface area (Å²) < 4.78 is 11.2. The molecule has 1 aromatic heterocycles. The van der Waals surface area contributed by atoms with E-state index in [4.69, 9.17) is 9.47 Å². The van der Waals surface area contributed by atoms with E-state index in [1.165, 1.54) is 0 Å². The summed E-state index contributed by atoms with van der Waals surface area (Å²) in [5.74, 6) is 1.49. The molecule has 0 bridgehead atoms. The Kier molecular flexibility index (Phi) is 7.45. The van der Waals surface area contributed by atoms with Gasteiger partial charge in [0.05, 0.1) is 6.61 Å². The van der Waals surface area contributed by atoms with E-state index >= 15 is 0 Å². The van der Waals surface area contributed by atoms with Crippen molar-refractivity contribution >= 4 is 5.97 Å². The molecule has 0 spiro atoms. The van der Waals surface area contributed by atoms with Gasteiger partial charge in [-0.1, -0.05) is 45.4 Å². The van der Waals surface area contributed by atoms with Gasteiger partial charge in [0.2, 0.25) is 5.88 Å². The van der Waals surface area contributed by atoms with Gasteiger partial charge in [-0.3, -0.25) is 4.79 Å². The molecular formula is C21H27NO3. The first kappa shape index (κ1) is 19.0. The van der Waals surface area contributed by atoms with Crippen LogP contribution in [-0.4, -0.2) is 17.6 Å². The summed E-state index contributed by atoms with van der Waals surface area (Å²) in [6.07, 6.45) is 4.99. The van der Waals surface area contributed by atoms with E-state index in [1.807, 2.05) is 36.4 Å². The van der Waals surface area contributed by atoms with Crippen LogP contribution in [0.1, 0.15) is 46.5 Å². The Labute approximate surface area is 150 Å². The van der Waals surface area contributed by atoms with Crippen LogP contribution in [0.25, 0.3) is 11.1 Å². The molecule has 2 rings (SSSR count). The number of rotatable bonds is 9. The molecule has 4 heteroatoms. The number of ether oxygens (including phenoxy) is 2. The number of carbonyl (C=O) groups is 1. The molecule has 2 aromatic rings. The van der Waals surface area contributed by atoms with E-state index < -0.39 is 0 Å². The van der Waals surface area contributed by atoms with Gasteiger partial charge < -0.3 is 9.47 Å². The molecule has 0 amide bonds. The van der Waals surface area contributed by atoms with Crippen molar-refractivity contribution in [3.05, 3.63) is 42.6 Å². The molecule has 0 saturated heterocycles. The third-order valence-corrected chi connectivity index (χ3v) is 4.15. The second kappa shape index (κ2) is 9.82. The minimum atomic E-state index is -0.190. The van der Waals surface area contributed by atoms with Gasteiger partial charge >= 0.3 is 5.97 Å². The molecule has 1 heterocycles. The van der Waals surface area contributed by atoms with Crippen LogP contribution in [0.4, 0.5) is 0 Å². The SMILES string of the molecule is CCCOc1cc(-c2ccccc2OC(=O)CCC(C)CC)ccn1. The molecule has 0 fully saturated rings. The largest absolute Gasteiger partial charge is 0.478 e. The highest BCUT2D eigenvalue weighted by molar-refractivity contribution is 5.78. The summed E-state index contributed by atoms with van der Waals surface area (Å²) in [4.78, 5) is 16.4. The van der Waals surface area contributed by atoms with Crippen molar-refractivity contribution in [2.75, 3.05) is 6.61 Å². The Balaban J connectivity index is 2.13. The standard InChI is InChI=1S/C21H27NO3/c1-4-14-24-20-15-17(12-13-22-20)18-8-6-7-9-19(18)25-21(23)11-10-16(3)5-2/h6-9,12-13,15-16H,4-5,10-11,14H2,1-3H3. The van der Waals surface area contributed by atoms with Gasteiger partial charge in [0.15, 0.2) is 0 Å². The first-order valence-electron chi connectivity index (χ1n) is 9.03. The highest BCUT2D eigenvalue weighted by atomic mass is 16.5. The Morgan fingerprint density at radius 2 is 2.00 bits per heavy atom. The molecule has 4 nitrogen and oxygen atoms in total. The van der Waals surface area contributed by atoms with Crippen LogP contribution in [0, 0.1) is 5.92 Å². The lowest BCUT2D eigenvalue weighted by molar-refractivity contribution is -0.134. The highest BCUT2D eigenvalue weighted by Gasteiger charge is 2.12. The summed E-state index contributed by atoms with van der Waals surface area (Å²) in [6.45, 7) is 6.96. The monoisotopic (exact) mass is 341 g/mol. The number of carbonyl (C=O) groups excluding carboxylic acids is 1. The van der Waals surface area contributed by atoms with Gasteiger partial charge in [-0.15, -0.1) is 0 Å². The van der Waals surface area contributed by atoms with Gasteiger partial charge in [-0.05, 0) is 36.5 Å². The molecule has 0 radical (unpaired) electrons. The summed E-state index contributed by atoms with van der Waals surface area (Å²) in [6, 6.07) is 11.3. The number of hydrogen-bond donors (Lipinski definition) is 0. The molecule has 1 aromatic carbocycles. The molecule has 0 aliphatic carbocycles. The van der Waals surface area contributed by atoms with E-state index in [1.54, 1.807) is 6.20 Å². The number of aromatic nitrogens is 1. The summed E-state index contributed by atoms with van der Waals surface area (Å²) >= 11 is 0. The number of benzene rings is 1. The fourth-order valence-corrected chi connectivity index (χ4v) is 2.40. The topological polar surface area (TPSA) is 48.4 Å². The van der Waals surface area contributed by atoms with E-state index in [2.05, 4.69) is 25.8 Å². The average molecular weight is 341 g/mol. The lowest BCUT2D eigenvalue weighted by atomic mass is 10.0. The van der Waals surface area contributed by atoms with Crippen LogP contribution in [0.2, 0.25) is 0 Å². The normalized spacial score (nSPS) is 11.8. The third-order valence-electron chi connectivity index (χ3n) is 4.15. The first-order chi connectivity index (χ1) is 12.1. The maximum Gasteiger partial charge on any atom is 0.311 e. The summed E-state index contributed by atoms with van der Waals surface area (Å²) in [5, 5.41) is 0. The lowest BCUT2D eigenvalue weighted by Gasteiger charge is -2.12. The van der Waals surface area contributed by atoms with Crippen molar-refractivity contribution in [2.45, 2.75) is 46.5 Å². The Hall–Kier alpha value is -2.36. The van der Waals surface area contributed by atoms with Crippen LogP contribution in [0.3, 0.4) is 0 Å². The lowest BCUT2D eigenvalue weighted by Crippen LogP contribution is -2.10. The van der Waals surface area contributed by atoms with Gasteiger partial charge in [-0.2, -0.15) is 0 Å². The molecule has 134 valence electrons. The van der Waals surface area contributed by atoms with Crippen LogP contribution in [0.15, 0.2) is 42.6 Å². The molecule has 0 N–H and O–H groups in total. The third kappa shape index (κ3) is 5.89. The summed E-state index contributed by atoms with van der Waals surface area (Å²) in [5.41, 5.74) is 1.79. The van der Waals surface area contributed by atoms with Gasteiger partial charge in [-0.25, -0.2) is 4.98 Å². The van der Waals surface area contributed by atoms with Gasteiger partial charge in [0.25, 0.3) is 0 Å². The first-order valence-corrected chi connectivity index (χ1v) is 9.03. The summed E-state index contributed by atoms with van der Waals surface area (Å²) in [7, 11) is 0. The van der Waals surface area contributed by atoms with E-state index in [-0.39, 0.29) is 5.97 Å². The molecule has 0 aliphatic rings. The molecule has 1 atom stereocenters. The molecule has 0 aliphatic heterocycles. The van der Waals surface area contributed by atoms with E-state index in [0.29, 0.717) is 30.6 Å². The Morgan fingerprint density at radius 3 is 2.76 bits per heavy atom. The Bertz CT molecular complexity index is 684. The number of para-hydroxylation sites is 1. The second-order valence-electron chi connectivity index (χ2n) is 6.25. The fourth-order valence-electron chi connectivity index (χ4n) is 2.40. The van der Waals surface area contributed by atoms with Crippen molar-refractivity contribution < 1.29 is 14.3 Å². The zero-order valence-corrected chi connectivity index (χ0v) is 15.3. The maximum absolute atomic E-state index is 12.2. The minimum Gasteiger partial charge on any atom is -0.478 e. The van der Waals surface area contributed by atoms with Crippen LogP contribution >= 0.6 is 0 Å². The second-order valence-corrected chi connectivity index (χ2v) is 6.25. The molecule has 1 unspecified atom stereocenters. The van der Waals surface area contributed by atoms with Crippen molar-refractivity contribution in [1.82, 2.24) is 4.98 Å². The fraction of sp³-hybridized carbons (Fsp3) is 0.429. The molecule has 25 heavy (non-hydrogen) atoms. The van der Waals surface area contributed by atoms with Crippen molar-refractivity contribution in [2.24, 2.45) is 5.92 Å². The molecular weight excluding hydrogens is 314 g/mol.